The van der Waals surface area contributed by atoms with Crippen LogP contribution < -0.4 is 10.2 Å². The highest BCUT2D eigenvalue weighted by Gasteiger charge is 2.29. The fourth-order valence-electron chi connectivity index (χ4n) is 2.57. The number of carbonyl (C=O) groups is 1. The highest BCUT2D eigenvalue weighted by atomic mass is 127. The molecule has 1 aliphatic heterocycles. The number of para-hydroxylation sites is 1. The molecule has 5 heteroatoms. The Kier molecular flexibility index (Phi) is 4.08. The molecule has 1 N–H and O–H groups in total. The molecule has 0 aromatic heterocycles. The van der Waals surface area contributed by atoms with Gasteiger partial charge in [0.2, 0.25) is 5.91 Å². The summed E-state index contributed by atoms with van der Waals surface area (Å²) in [5.41, 5.74) is 2.93. The van der Waals surface area contributed by atoms with E-state index < -0.39 is 0 Å². The number of benzene rings is 2. The topological polar surface area (TPSA) is 32.3 Å². The van der Waals surface area contributed by atoms with Gasteiger partial charge in [0.15, 0.2) is 0 Å². The molecule has 1 atom stereocenters. The van der Waals surface area contributed by atoms with Crippen molar-refractivity contribution in [3.05, 3.63) is 56.6 Å². The number of fused-ring (bicyclic) bond motifs is 1. The van der Waals surface area contributed by atoms with Crippen LogP contribution in [0.5, 0.6) is 0 Å². The Bertz CT molecular complexity index is 704. The van der Waals surface area contributed by atoms with Gasteiger partial charge in [0.25, 0.3) is 0 Å². The van der Waals surface area contributed by atoms with Gasteiger partial charge >= 0.3 is 0 Å². The Morgan fingerprint density at radius 3 is 2.81 bits per heavy atom. The molecule has 0 aliphatic carbocycles. The van der Waals surface area contributed by atoms with E-state index in [0.29, 0.717) is 11.4 Å². The summed E-state index contributed by atoms with van der Waals surface area (Å²) < 4.78 is 1.09. The Balaban J connectivity index is 1.96. The van der Waals surface area contributed by atoms with E-state index in [2.05, 4.69) is 34.0 Å². The minimum absolute atomic E-state index is 0.0533. The molecule has 1 unspecified atom stereocenters. The lowest BCUT2D eigenvalue weighted by molar-refractivity contribution is -0.118. The lowest BCUT2D eigenvalue weighted by Gasteiger charge is -2.32. The zero-order chi connectivity index (χ0) is 15.0. The van der Waals surface area contributed by atoms with Gasteiger partial charge in [0.1, 0.15) is 0 Å². The normalized spacial score (nSPS) is 17.6. The molecule has 0 saturated carbocycles. The maximum absolute atomic E-state index is 12.1. The Morgan fingerprint density at radius 2 is 2.05 bits per heavy atom. The predicted molar refractivity (Wildman–Crippen MR) is 95.0 cm³/mol. The summed E-state index contributed by atoms with van der Waals surface area (Å²) in [5, 5.41) is 4.07. The number of rotatable bonds is 2. The van der Waals surface area contributed by atoms with Crippen LogP contribution in [0.3, 0.4) is 0 Å². The second-order valence-corrected chi connectivity index (χ2v) is 6.69. The molecular weight excluding hydrogens is 399 g/mol. The van der Waals surface area contributed by atoms with Crippen LogP contribution in [-0.4, -0.2) is 13.0 Å². The highest BCUT2D eigenvalue weighted by Crippen LogP contribution is 2.37. The molecule has 2 aromatic rings. The van der Waals surface area contributed by atoms with Gasteiger partial charge < -0.3 is 10.2 Å². The smallest absolute Gasteiger partial charge is 0.229 e. The van der Waals surface area contributed by atoms with E-state index in [0.717, 1.165) is 20.5 Å². The number of hydrogen-bond donors (Lipinski definition) is 1. The van der Waals surface area contributed by atoms with Gasteiger partial charge in [-0.3, -0.25) is 4.79 Å². The summed E-state index contributed by atoms with van der Waals surface area (Å²) in [6.45, 7) is 0. The van der Waals surface area contributed by atoms with Crippen molar-refractivity contribution in [1.29, 1.82) is 0 Å². The van der Waals surface area contributed by atoms with Crippen molar-refractivity contribution in [3.8, 4) is 0 Å². The average Bonchev–Trinajstić information content (AvgIpc) is 2.47. The van der Waals surface area contributed by atoms with Gasteiger partial charge in [-0.2, -0.15) is 0 Å². The molecule has 0 spiro atoms. The average molecular weight is 413 g/mol. The molecule has 21 heavy (non-hydrogen) atoms. The van der Waals surface area contributed by atoms with E-state index in [-0.39, 0.29) is 11.9 Å². The first-order chi connectivity index (χ1) is 10.1. The largest absolute Gasteiger partial charge is 0.376 e. The van der Waals surface area contributed by atoms with Gasteiger partial charge in [0, 0.05) is 16.3 Å². The quantitative estimate of drug-likeness (QED) is 0.739. The summed E-state index contributed by atoms with van der Waals surface area (Å²) in [7, 11) is 1.81. The first-order valence-electron chi connectivity index (χ1n) is 6.63. The van der Waals surface area contributed by atoms with Crippen molar-refractivity contribution < 1.29 is 4.79 Å². The molecule has 0 bridgehead atoms. The third kappa shape index (κ3) is 2.87. The van der Waals surface area contributed by atoms with E-state index in [1.54, 1.807) is 4.90 Å². The molecule has 0 saturated heterocycles. The summed E-state index contributed by atoms with van der Waals surface area (Å²) in [6.07, 6.45) is 0.426. The third-order valence-corrected chi connectivity index (χ3v) is 4.67. The first kappa shape index (κ1) is 14.7. The molecule has 1 aliphatic rings. The predicted octanol–water partition coefficient (Wildman–Crippen LogP) is 4.46. The second kappa shape index (κ2) is 5.85. The summed E-state index contributed by atoms with van der Waals surface area (Å²) in [6, 6.07) is 13.8. The standard InChI is InChI=1S/C16H14ClIN2O/c1-20-15-5-3-2-4-11(15)14(9-16(20)21)19-13-7-6-10(18)8-12(13)17/h2-8,14,19H,9H2,1H3. The molecular formula is C16H14ClIN2O. The Labute approximate surface area is 142 Å². The van der Waals surface area contributed by atoms with Crippen LogP contribution in [0.25, 0.3) is 0 Å². The SMILES string of the molecule is CN1C(=O)CC(Nc2ccc(I)cc2Cl)c2ccccc21. The molecule has 0 fully saturated rings. The van der Waals surface area contributed by atoms with Gasteiger partial charge in [-0.1, -0.05) is 29.8 Å². The number of hydrogen-bond acceptors (Lipinski definition) is 2. The molecule has 2 aromatic carbocycles. The van der Waals surface area contributed by atoms with E-state index >= 15 is 0 Å². The van der Waals surface area contributed by atoms with Crippen LogP contribution in [0, 0.1) is 3.57 Å². The van der Waals surface area contributed by atoms with Crippen molar-refractivity contribution >= 4 is 51.5 Å². The van der Waals surface area contributed by atoms with Crippen LogP contribution in [0.2, 0.25) is 5.02 Å². The fourth-order valence-corrected chi connectivity index (χ4v) is 3.48. The van der Waals surface area contributed by atoms with Crippen molar-refractivity contribution in [1.82, 2.24) is 0 Å². The maximum atomic E-state index is 12.1. The summed E-state index contributed by atoms with van der Waals surface area (Å²) >= 11 is 8.50. The first-order valence-corrected chi connectivity index (χ1v) is 8.09. The monoisotopic (exact) mass is 412 g/mol. The minimum atomic E-state index is -0.0533. The number of nitrogens with one attached hydrogen (secondary N) is 1. The number of carbonyl (C=O) groups excluding carboxylic acids is 1. The van der Waals surface area contributed by atoms with E-state index in [1.165, 1.54) is 0 Å². The van der Waals surface area contributed by atoms with Crippen LogP contribution in [-0.2, 0) is 4.79 Å². The zero-order valence-corrected chi connectivity index (χ0v) is 14.4. The van der Waals surface area contributed by atoms with Crippen molar-refractivity contribution in [3.63, 3.8) is 0 Å². The fraction of sp³-hybridized carbons (Fsp3) is 0.188. The van der Waals surface area contributed by atoms with Crippen LogP contribution in [0.4, 0.5) is 11.4 Å². The minimum Gasteiger partial charge on any atom is -0.376 e. The van der Waals surface area contributed by atoms with Crippen molar-refractivity contribution in [2.45, 2.75) is 12.5 Å². The van der Waals surface area contributed by atoms with Crippen LogP contribution >= 0.6 is 34.2 Å². The number of anilines is 2. The number of amides is 1. The van der Waals surface area contributed by atoms with Gasteiger partial charge in [-0.05, 0) is 52.4 Å². The highest BCUT2D eigenvalue weighted by molar-refractivity contribution is 14.1. The molecule has 108 valence electrons. The van der Waals surface area contributed by atoms with Gasteiger partial charge in [0.05, 0.1) is 23.2 Å². The van der Waals surface area contributed by atoms with Gasteiger partial charge in [-0.15, -0.1) is 0 Å². The molecule has 1 heterocycles. The van der Waals surface area contributed by atoms with Crippen molar-refractivity contribution in [2.24, 2.45) is 0 Å². The van der Waals surface area contributed by atoms with Crippen molar-refractivity contribution in [2.75, 3.05) is 17.3 Å². The van der Waals surface area contributed by atoms with Crippen LogP contribution in [0.15, 0.2) is 42.5 Å². The van der Waals surface area contributed by atoms with E-state index in [9.17, 15) is 4.79 Å². The number of nitrogens with zero attached hydrogens (tertiary/aromatic N) is 1. The third-order valence-electron chi connectivity index (χ3n) is 3.69. The van der Waals surface area contributed by atoms with Gasteiger partial charge in [-0.25, -0.2) is 0 Å². The zero-order valence-electron chi connectivity index (χ0n) is 11.4. The second-order valence-electron chi connectivity index (χ2n) is 5.04. The van der Waals surface area contributed by atoms with E-state index in [4.69, 9.17) is 11.6 Å². The molecule has 3 rings (SSSR count). The molecule has 3 nitrogen and oxygen atoms in total. The molecule has 1 amide bonds. The Hall–Kier alpha value is -1.27. The molecule has 0 radical (unpaired) electrons. The van der Waals surface area contributed by atoms with Crippen LogP contribution in [0.1, 0.15) is 18.0 Å². The van der Waals surface area contributed by atoms with E-state index in [1.807, 2.05) is 43.4 Å². The number of halogens is 2. The maximum Gasteiger partial charge on any atom is 0.229 e. The summed E-state index contributed by atoms with van der Waals surface area (Å²) in [5.74, 6) is 0.104. The lowest BCUT2D eigenvalue weighted by Crippen LogP contribution is -2.35. The Morgan fingerprint density at radius 1 is 1.29 bits per heavy atom. The summed E-state index contributed by atoms with van der Waals surface area (Å²) in [4.78, 5) is 13.9. The lowest BCUT2D eigenvalue weighted by atomic mass is 9.96.